The van der Waals surface area contributed by atoms with Crippen molar-refractivity contribution < 1.29 is 24.2 Å². The number of ether oxygens (including phenoxy) is 2. The Hall–Kier alpha value is -1.56. The summed E-state index contributed by atoms with van der Waals surface area (Å²) in [6, 6.07) is -1.17. The van der Waals surface area contributed by atoms with Crippen molar-refractivity contribution in [2.45, 2.75) is 45.4 Å². The van der Waals surface area contributed by atoms with E-state index in [0.29, 0.717) is 0 Å². The van der Waals surface area contributed by atoms with Gasteiger partial charge in [-0.05, 0) is 27.7 Å². The molecule has 6 nitrogen and oxygen atoms in total. The Morgan fingerprint density at radius 1 is 1.42 bits per heavy atom. The topological polar surface area (TPSA) is 76.1 Å². The van der Waals surface area contributed by atoms with Crippen LogP contribution in [0.3, 0.4) is 0 Å². The van der Waals surface area contributed by atoms with Gasteiger partial charge in [-0.25, -0.2) is 9.59 Å². The number of nitrogens with zero attached hydrogens (tertiary/aromatic N) is 1. The van der Waals surface area contributed by atoms with Gasteiger partial charge in [-0.3, -0.25) is 4.90 Å². The van der Waals surface area contributed by atoms with Gasteiger partial charge >= 0.3 is 12.1 Å². The van der Waals surface area contributed by atoms with Crippen LogP contribution in [0.2, 0.25) is 0 Å². The van der Waals surface area contributed by atoms with E-state index in [1.807, 2.05) is 0 Å². The molecule has 0 saturated carbocycles. The third kappa shape index (κ3) is 5.74. The van der Waals surface area contributed by atoms with E-state index in [-0.39, 0.29) is 6.61 Å². The normalized spacial score (nSPS) is 14.2. The molecule has 0 aromatic carbocycles. The number of esters is 1. The van der Waals surface area contributed by atoms with Crippen LogP contribution in [0.25, 0.3) is 0 Å². The fourth-order valence-electron chi connectivity index (χ4n) is 1.33. The van der Waals surface area contributed by atoms with Crippen LogP contribution in [0.5, 0.6) is 0 Å². The molecule has 0 aromatic heterocycles. The van der Waals surface area contributed by atoms with E-state index < -0.39 is 29.8 Å². The van der Waals surface area contributed by atoms with Gasteiger partial charge in [-0.2, -0.15) is 0 Å². The molecule has 2 atom stereocenters. The second-order valence-electron chi connectivity index (χ2n) is 5.01. The summed E-state index contributed by atoms with van der Waals surface area (Å²) in [5.74, 6) is -0.705. The third-order valence-electron chi connectivity index (χ3n) is 2.19. The van der Waals surface area contributed by atoms with Crippen molar-refractivity contribution in [2.24, 2.45) is 0 Å². The maximum absolute atomic E-state index is 11.9. The second-order valence-corrected chi connectivity index (χ2v) is 5.01. The van der Waals surface area contributed by atoms with E-state index in [1.165, 1.54) is 13.1 Å². The minimum atomic E-state index is -1.23. The summed E-state index contributed by atoms with van der Waals surface area (Å²) in [6.07, 6.45) is -0.773. The Morgan fingerprint density at radius 2 is 1.95 bits per heavy atom. The first kappa shape index (κ1) is 17.4. The number of rotatable bonds is 5. The van der Waals surface area contributed by atoms with E-state index in [4.69, 9.17) is 9.47 Å². The SMILES string of the molecule is C=CC(O)C(C(=O)OCC)N(C)C(=O)OC(C)(C)C. The van der Waals surface area contributed by atoms with Crippen LogP contribution in [0.15, 0.2) is 12.7 Å². The molecule has 0 fully saturated rings. The first-order valence-corrected chi connectivity index (χ1v) is 6.07. The summed E-state index contributed by atoms with van der Waals surface area (Å²) in [6.45, 7) is 10.3. The molecule has 0 radical (unpaired) electrons. The highest BCUT2D eigenvalue weighted by Gasteiger charge is 2.35. The molecule has 6 heteroatoms. The molecule has 19 heavy (non-hydrogen) atoms. The highest BCUT2D eigenvalue weighted by molar-refractivity contribution is 5.82. The van der Waals surface area contributed by atoms with Crippen LogP contribution in [0.4, 0.5) is 4.79 Å². The fourth-order valence-corrected chi connectivity index (χ4v) is 1.33. The zero-order chi connectivity index (χ0) is 15.2. The highest BCUT2D eigenvalue weighted by Crippen LogP contribution is 2.13. The number of hydrogen-bond acceptors (Lipinski definition) is 5. The van der Waals surface area contributed by atoms with Crippen molar-refractivity contribution in [3.63, 3.8) is 0 Å². The molecular formula is C13H23NO5. The van der Waals surface area contributed by atoms with Crippen molar-refractivity contribution in [3.05, 3.63) is 12.7 Å². The van der Waals surface area contributed by atoms with Crippen LogP contribution in [-0.2, 0) is 14.3 Å². The minimum absolute atomic E-state index is 0.154. The van der Waals surface area contributed by atoms with Gasteiger partial charge in [0.1, 0.15) is 11.7 Å². The minimum Gasteiger partial charge on any atom is -0.464 e. The number of aliphatic hydroxyl groups is 1. The average molecular weight is 273 g/mol. The van der Waals surface area contributed by atoms with E-state index in [1.54, 1.807) is 27.7 Å². The molecule has 0 saturated heterocycles. The van der Waals surface area contributed by atoms with Gasteiger partial charge in [0.15, 0.2) is 6.04 Å². The lowest BCUT2D eigenvalue weighted by Gasteiger charge is -2.30. The molecule has 0 aliphatic rings. The molecule has 0 heterocycles. The fraction of sp³-hybridized carbons (Fsp3) is 0.692. The number of amides is 1. The molecule has 0 aromatic rings. The van der Waals surface area contributed by atoms with Crippen molar-refractivity contribution >= 4 is 12.1 Å². The number of hydrogen-bond donors (Lipinski definition) is 1. The molecule has 110 valence electrons. The first-order chi connectivity index (χ1) is 8.64. The van der Waals surface area contributed by atoms with Crippen molar-refractivity contribution in [1.82, 2.24) is 4.90 Å². The standard InChI is InChI=1S/C13H23NO5/c1-7-9(15)10(11(16)18-8-2)14(6)12(17)19-13(3,4)5/h7,9-10,15H,1,8H2,2-6H3. The van der Waals surface area contributed by atoms with Crippen molar-refractivity contribution in [1.29, 1.82) is 0 Å². The van der Waals surface area contributed by atoms with Crippen molar-refractivity contribution in [3.8, 4) is 0 Å². The molecular weight excluding hydrogens is 250 g/mol. The van der Waals surface area contributed by atoms with E-state index in [9.17, 15) is 14.7 Å². The van der Waals surface area contributed by atoms with Gasteiger partial charge in [0.25, 0.3) is 0 Å². The number of likely N-dealkylation sites (N-methyl/N-ethyl adjacent to an activating group) is 1. The van der Waals surface area contributed by atoms with Gasteiger partial charge in [0.2, 0.25) is 0 Å². The summed E-state index contributed by atoms with van der Waals surface area (Å²) in [5.41, 5.74) is -0.691. The largest absolute Gasteiger partial charge is 0.464 e. The lowest BCUT2D eigenvalue weighted by atomic mass is 10.1. The van der Waals surface area contributed by atoms with E-state index in [0.717, 1.165) is 4.90 Å². The summed E-state index contributed by atoms with van der Waals surface area (Å²) < 4.78 is 9.97. The predicted molar refractivity (Wildman–Crippen MR) is 70.6 cm³/mol. The molecule has 1 N–H and O–H groups in total. The number of aliphatic hydroxyl groups excluding tert-OH is 1. The molecule has 0 rings (SSSR count). The van der Waals surface area contributed by atoms with E-state index >= 15 is 0 Å². The van der Waals surface area contributed by atoms with Crippen LogP contribution < -0.4 is 0 Å². The van der Waals surface area contributed by atoms with Crippen LogP contribution in [0.1, 0.15) is 27.7 Å². The monoisotopic (exact) mass is 273 g/mol. The van der Waals surface area contributed by atoms with Gasteiger partial charge in [-0.15, -0.1) is 6.58 Å². The third-order valence-corrected chi connectivity index (χ3v) is 2.19. The summed E-state index contributed by atoms with van der Waals surface area (Å²) in [4.78, 5) is 24.7. The van der Waals surface area contributed by atoms with Crippen LogP contribution in [0, 0.1) is 0 Å². The number of carbonyl (C=O) groups excluding carboxylic acids is 2. The summed E-state index contributed by atoms with van der Waals surface area (Å²) in [7, 11) is 1.36. The zero-order valence-corrected chi connectivity index (χ0v) is 12.2. The van der Waals surface area contributed by atoms with Gasteiger partial charge in [0, 0.05) is 7.05 Å². The number of carbonyl (C=O) groups is 2. The van der Waals surface area contributed by atoms with E-state index in [2.05, 4.69) is 6.58 Å². The zero-order valence-electron chi connectivity index (χ0n) is 12.2. The Kier molecular flexibility index (Phi) is 6.55. The smallest absolute Gasteiger partial charge is 0.410 e. The molecule has 0 bridgehead atoms. The quantitative estimate of drug-likeness (QED) is 0.604. The maximum Gasteiger partial charge on any atom is 0.410 e. The molecule has 1 amide bonds. The Bertz CT molecular complexity index is 334. The molecule has 0 aliphatic carbocycles. The summed E-state index contributed by atoms with van der Waals surface area (Å²) >= 11 is 0. The Morgan fingerprint density at radius 3 is 2.32 bits per heavy atom. The Balaban J connectivity index is 5.00. The van der Waals surface area contributed by atoms with Gasteiger partial charge in [0.05, 0.1) is 6.61 Å². The Labute approximate surface area is 114 Å². The lowest BCUT2D eigenvalue weighted by Crippen LogP contribution is -2.51. The predicted octanol–water partition coefficient (Wildman–Crippen LogP) is 1.33. The lowest BCUT2D eigenvalue weighted by molar-refractivity contribution is -0.152. The molecule has 0 aliphatic heterocycles. The summed E-state index contributed by atoms with van der Waals surface area (Å²) in [5, 5.41) is 9.76. The molecule has 0 spiro atoms. The van der Waals surface area contributed by atoms with Crippen LogP contribution >= 0.6 is 0 Å². The van der Waals surface area contributed by atoms with Crippen molar-refractivity contribution in [2.75, 3.05) is 13.7 Å². The van der Waals surface area contributed by atoms with Crippen LogP contribution in [-0.4, -0.2) is 53.5 Å². The maximum atomic E-state index is 11.9. The average Bonchev–Trinajstić information content (AvgIpc) is 2.26. The van der Waals surface area contributed by atoms with Gasteiger partial charge < -0.3 is 14.6 Å². The highest BCUT2D eigenvalue weighted by atomic mass is 16.6. The van der Waals surface area contributed by atoms with Gasteiger partial charge in [-0.1, -0.05) is 6.08 Å². The molecule has 2 unspecified atom stereocenters. The first-order valence-electron chi connectivity index (χ1n) is 6.07. The second kappa shape index (κ2) is 7.13.